The number of rotatable bonds is 44. The summed E-state index contributed by atoms with van der Waals surface area (Å²) >= 11 is 0. The highest BCUT2D eigenvalue weighted by atomic mass is 16.6. The standard InChI is InChI=1S/C49H92O5/c1-4-7-10-13-16-19-21-23-24-25-26-28-29-31-33-36-39-42-48(50)53-46-47(45-52-44-41-38-35-18-15-12-9-6-3)54-49(51)43-40-37-34-32-30-27-22-20-17-14-11-8-5-2/h11,14,20,22,47H,4-10,12-13,15-19,21,23-46H2,1-3H3/b14-11-,22-20-. The second-order valence-electron chi connectivity index (χ2n) is 16.0. The number of hydrogen-bond donors (Lipinski definition) is 0. The van der Waals surface area contributed by atoms with Crippen molar-refractivity contribution < 1.29 is 23.8 Å². The van der Waals surface area contributed by atoms with Gasteiger partial charge in [0.15, 0.2) is 6.10 Å². The van der Waals surface area contributed by atoms with Crippen LogP contribution in [0.1, 0.15) is 252 Å². The molecule has 0 aromatic carbocycles. The number of allylic oxidation sites excluding steroid dienone is 4. The normalized spacial score (nSPS) is 12.3. The van der Waals surface area contributed by atoms with Crippen LogP contribution in [-0.2, 0) is 23.8 Å². The van der Waals surface area contributed by atoms with Crippen molar-refractivity contribution in [3.63, 3.8) is 0 Å². The van der Waals surface area contributed by atoms with Crippen molar-refractivity contribution >= 4 is 11.9 Å². The summed E-state index contributed by atoms with van der Waals surface area (Å²) in [5.74, 6) is -0.401. The van der Waals surface area contributed by atoms with E-state index in [-0.39, 0.29) is 25.2 Å². The molecule has 0 fully saturated rings. The molecule has 1 unspecified atom stereocenters. The molecule has 0 saturated heterocycles. The van der Waals surface area contributed by atoms with Crippen molar-refractivity contribution in [2.75, 3.05) is 19.8 Å². The van der Waals surface area contributed by atoms with Crippen molar-refractivity contribution in [1.29, 1.82) is 0 Å². The van der Waals surface area contributed by atoms with Crippen LogP contribution in [0, 0.1) is 0 Å². The van der Waals surface area contributed by atoms with E-state index < -0.39 is 6.10 Å². The van der Waals surface area contributed by atoms with Crippen LogP contribution in [0.3, 0.4) is 0 Å². The fourth-order valence-corrected chi connectivity index (χ4v) is 6.90. The van der Waals surface area contributed by atoms with Crippen molar-refractivity contribution in [3.8, 4) is 0 Å². The Morgan fingerprint density at radius 2 is 0.815 bits per heavy atom. The first-order chi connectivity index (χ1) is 26.6. The average Bonchev–Trinajstić information content (AvgIpc) is 3.17. The summed E-state index contributed by atoms with van der Waals surface area (Å²) in [4.78, 5) is 25.2. The van der Waals surface area contributed by atoms with Gasteiger partial charge in [0.05, 0.1) is 6.61 Å². The minimum absolute atomic E-state index is 0.0862. The van der Waals surface area contributed by atoms with Gasteiger partial charge in [-0.3, -0.25) is 9.59 Å². The molecule has 318 valence electrons. The third-order valence-corrected chi connectivity index (χ3v) is 10.5. The number of hydrogen-bond acceptors (Lipinski definition) is 5. The van der Waals surface area contributed by atoms with Crippen molar-refractivity contribution in [2.24, 2.45) is 0 Å². The summed E-state index contributed by atoms with van der Waals surface area (Å²) in [6.45, 7) is 7.77. The third kappa shape index (κ3) is 43.1. The predicted octanol–water partition coefficient (Wildman–Crippen LogP) is 15.7. The van der Waals surface area contributed by atoms with Crippen LogP contribution in [0.5, 0.6) is 0 Å². The molecule has 0 spiro atoms. The first-order valence-electron chi connectivity index (χ1n) is 23.9. The highest BCUT2D eigenvalue weighted by Crippen LogP contribution is 2.15. The molecular formula is C49H92O5. The summed E-state index contributed by atoms with van der Waals surface area (Å²) < 4.78 is 17.3. The van der Waals surface area contributed by atoms with Gasteiger partial charge in [0.2, 0.25) is 0 Å². The molecule has 0 aliphatic carbocycles. The van der Waals surface area contributed by atoms with E-state index in [1.807, 2.05) is 0 Å². The molecule has 0 bridgehead atoms. The largest absolute Gasteiger partial charge is 0.462 e. The number of ether oxygens (including phenoxy) is 3. The fourth-order valence-electron chi connectivity index (χ4n) is 6.90. The van der Waals surface area contributed by atoms with Gasteiger partial charge in [-0.2, -0.15) is 0 Å². The molecule has 5 nitrogen and oxygen atoms in total. The molecule has 0 amide bonds. The quantitative estimate of drug-likeness (QED) is 0.0352. The van der Waals surface area contributed by atoms with Gasteiger partial charge >= 0.3 is 11.9 Å². The Morgan fingerprint density at radius 3 is 1.30 bits per heavy atom. The number of esters is 2. The summed E-state index contributed by atoms with van der Waals surface area (Å²) in [6.07, 6.45) is 51.8. The lowest BCUT2D eigenvalue weighted by Crippen LogP contribution is -2.30. The minimum Gasteiger partial charge on any atom is -0.462 e. The Bertz CT molecular complexity index is 821. The molecule has 0 saturated carbocycles. The summed E-state index contributed by atoms with van der Waals surface area (Å²) in [5, 5.41) is 0. The highest BCUT2D eigenvalue weighted by molar-refractivity contribution is 5.70. The van der Waals surface area contributed by atoms with E-state index in [0.29, 0.717) is 19.4 Å². The van der Waals surface area contributed by atoms with E-state index in [4.69, 9.17) is 14.2 Å². The van der Waals surface area contributed by atoms with Gasteiger partial charge in [-0.25, -0.2) is 0 Å². The summed E-state index contributed by atoms with van der Waals surface area (Å²) in [7, 11) is 0. The van der Waals surface area contributed by atoms with E-state index in [1.165, 1.54) is 161 Å². The molecule has 0 aliphatic rings. The van der Waals surface area contributed by atoms with E-state index in [1.54, 1.807) is 0 Å². The maximum Gasteiger partial charge on any atom is 0.306 e. The van der Waals surface area contributed by atoms with Gasteiger partial charge in [-0.05, 0) is 44.9 Å². The average molecular weight is 761 g/mol. The monoisotopic (exact) mass is 761 g/mol. The molecule has 0 radical (unpaired) electrons. The Hall–Kier alpha value is -1.62. The highest BCUT2D eigenvalue weighted by Gasteiger charge is 2.17. The summed E-state index contributed by atoms with van der Waals surface area (Å²) in [6, 6.07) is 0. The topological polar surface area (TPSA) is 61.8 Å². The Morgan fingerprint density at radius 1 is 0.407 bits per heavy atom. The number of carbonyl (C=O) groups is 2. The van der Waals surface area contributed by atoms with Crippen molar-refractivity contribution in [2.45, 2.75) is 258 Å². The first kappa shape index (κ1) is 52.4. The van der Waals surface area contributed by atoms with Crippen LogP contribution >= 0.6 is 0 Å². The van der Waals surface area contributed by atoms with Crippen LogP contribution in [0.4, 0.5) is 0 Å². The minimum atomic E-state index is -0.533. The lowest BCUT2D eigenvalue weighted by molar-refractivity contribution is -0.163. The molecule has 0 N–H and O–H groups in total. The SMILES string of the molecule is CCC/C=C\C/C=C\CCCCCCCC(=O)OC(COCCCCCCCCCC)COC(=O)CCCCCCCCCCCCCCCCCCC. The van der Waals surface area contributed by atoms with Crippen molar-refractivity contribution in [3.05, 3.63) is 24.3 Å². The number of unbranched alkanes of at least 4 members (excludes halogenated alkanes) is 29. The van der Waals surface area contributed by atoms with Crippen molar-refractivity contribution in [1.82, 2.24) is 0 Å². The zero-order valence-corrected chi connectivity index (χ0v) is 36.5. The van der Waals surface area contributed by atoms with Gasteiger partial charge in [0.25, 0.3) is 0 Å². The van der Waals surface area contributed by atoms with E-state index in [2.05, 4.69) is 45.1 Å². The van der Waals surface area contributed by atoms with E-state index in [9.17, 15) is 9.59 Å². The maximum atomic E-state index is 12.7. The van der Waals surface area contributed by atoms with Gasteiger partial charge in [0.1, 0.15) is 6.61 Å². The van der Waals surface area contributed by atoms with Crippen LogP contribution in [-0.4, -0.2) is 37.9 Å². The third-order valence-electron chi connectivity index (χ3n) is 10.5. The molecule has 5 heteroatoms. The van der Waals surface area contributed by atoms with Crippen LogP contribution in [0.15, 0.2) is 24.3 Å². The second kappa shape index (κ2) is 45.8. The molecule has 54 heavy (non-hydrogen) atoms. The Kier molecular flexibility index (Phi) is 44.4. The molecule has 0 rings (SSSR count). The van der Waals surface area contributed by atoms with Gasteiger partial charge in [0, 0.05) is 19.4 Å². The molecular weight excluding hydrogens is 669 g/mol. The lowest BCUT2D eigenvalue weighted by atomic mass is 10.0. The molecule has 0 aliphatic heterocycles. The Labute approximate surface area is 337 Å². The van der Waals surface area contributed by atoms with Gasteiger partial charge in [-0.1, -0.05) is 218 Å². The lowest BCUT2D eigenvalue weighted by Gasteiger charge is -2.18. The van der Waals surface area contributed by atoms with E-state index >= 15 is 0 Å². The maximum absolute atomic E-state index is 12.7. The number of carbonyl (C=O) groups excluding carboxylic acids is 2. The van der Waals surface area contributed by atoms with Crippen LogP contribution in [0.2, 0.25) is 0 Å². The summed E-state index contributed by atoms with van der Waals surface area (Å²) in [5.41, 5.74) is 0. The molecule has 1 atom stereocenters. The molecule has 0 aromatic heterocycles. The first-order valence-corrected chi connectivity index (χ1v) is 23.9. The fraction of sp³-hybridized carbons (Fsp3) is 0.878. The predicted molar refractivity (Wildman–Crippen MR) is 233 cm³/mol. The smallest absolute Gasteiger partial charge is 0.306 e. The molecule has 0 aromatic rings. The van der Waals surface area contributed by atoms with E-state index in [0.717, 1.165) is 57.8 Å². The zero-order valence-electron chi connectivity index (χ0n) is 36.5. The zero-order chi connectivity index (χ0) is 39.3. The molecule has 0 heterocycles. The van der Waals surface area contributed by atoms with Gasteiger partial charge < -0.3 is 14.2 Å². The van der Waals surface area contributed by atoms with Crippen LogP contribution < -0.4 is 0 Å². The van der Waals surface area contributed by atoms with Gasteiger partial charge in [-0.15, -0.1) is 0 Å². The second-order valence-corrected chi connectivity index (χ2v) is 16.0. The Balaban J connectivity index is 4.13. The van der Waals surface area contributed by atoms with Crippen LogP contribution in [0.25, 0.3) is 0 Å².